The van der Waals surface area contributed by atoms with Crippen molar-refractivity contribution in [3.8, 4) is 0 Å². The predicted octanol–water partition coefficient (Wildman–Crippen LogP) is 4.44. The van der Waals surface area contributed by atoms with Crippen LogP contribution in [0.3, 0.4) is 0 Å². The number of benzene rings is 1. The molecule has 21 heavy (non-hydrogen) atoms. The minimum Gasteiger partial charge on any atom is -0.337 e. The van der Waals surface area contributed by atoms with E-state index in [0.717, 1.165) is 38.5 Å². The van der Waals surface area contributed by atoms with Gasteiger partial charge in [-0.1, -0.05) is 41.1 Å². The molecule has 1 amide bonds. The van der Waals surface area contributed by atoms with Gasteiger partial charge in [-0.25, -0.2) is 4.98 Å². The van der Waals surface area contributed by atoms with Gasteiger partial charge in [-0.15, -0.1) is 11.3 Å². The minimum absolute atomic E-state index is 0.0445. The molecule has 0 aliphatic carbocycles. The fourth-order valence-corrected chi connectivity index (χ4v) is 3.67. The average Bonchev–Trinajstić information content (AvgIpc) is 2.81. The molecule has 0 bridgehead atoms. The topological polar surface area (TPSA) is 33.2 Å². The molecule has 2 aromatic rings. The molecule has 0 aliphatic heterocycles. The van der Waals surface area contributed by atoms with E-state index in [9.17, 15) is 4.79 Å². The monoisotopic (exact) mass is 366 g/mol. The standard InChI is InChI=1S/C16H19BrN2OS/c1-4-7-14-18-11(2)15(21-14)16(20)19(3)10-12-8-5-6-9-13(12)17/h5-6,8-9H,4,7,10H2,1-3H3. The number of aryl methyl sites for hydroxylation is 2. The molecule has 0 saturated carbocycles. The van der Waals surface area contributed by atoms with Crippen molar-refractivity contribution in [2.75, 3.05) is 7.05 Å². The van der Waals surface area contributed by atoms with Crippen molar-refractivity contribution in [2.45, 2.75) is 33.2 Å². The zero-order valence-corrected chi connectivity index (χ0v) is 14.9. The fourth-order valence-electron chi connectivity index (χ4n) is 2.10. The Morgan fingerprint density at radius 2 is 2.10 bits per heavy atom. The first-order valence-electron chi connectivity index (χ1n) is 6.98. The Morgan fingerprint density at radius 1 is 1.38 bits per heavy atom. The highest BCUT2D eigenvalue weighted by Gasteiger charge is 2.19. The Labute approximate surface area is 138 Å². The lowest BCUT2D eigenvalue weighted by molar-refractivity contribution is 0.0788. The number of hydrogen-bond acceptors (Lipinski definition) is 3. The molecule has 1 heterocycles. The molecule has 1 aromatic carbocycles. The molecule has 0 spiro atoms. The van der Waals surface area contributed by atoms with Crippen LogP contribution >= 0.6 is 27.3 Å². The molecular weight excluding hydrogens is 348 g/mol. The zero-order chi connectivity index (χ0) is 15.4. The van der Waals surface area contributed by atoms with E-state index in [1.807, 2.05) is 38.2 Å². The maximum absolute atomic E-state index is 12.6. The van der Waals surface area contributed by atoms with Crippen LogP contribution in [0.15, 0.2) is 28.7 Å². The van der Waals surface area contributed by atoms with E-state index in [2.05, 4.69) is 27.8 Å². The van der Waals surface area contributed by atoms with E-state index >= 15 is 0 Å². The van der Waals surface area contributed by atoms with E-state index < -0.39 is 0 Å². The second-order valence-corrected chi connectivity index (χ2v) is 6.96. The lowest BCUT2D eigenvalue weighted by Crippen LogP contribution is -2.26. The summed E-state index contributed by atoms with van der Waals surface area (Å²) in [5.74, 6) is 0.0445. The smallest absolute Gasteiger partial charge is 0.265 e. The van der Waals surface area contributed by atoms with Gasteiger partial charge < -0.3 is 4.90 Å². The first-order chi connectivity index (χ1) is 10.0. The summed E-state index contributed by atoms with van der Waals surface area (Å²) in [7, 11) is 1.83. The van der Waals surface area contributed by atoms with Gasteiger partial charge in [0.15, 0.2) is 0 Å². The lowest BCUT2D eigenvalue weighted by atomic mass is 10.2. The molecule has 1 aromatic heterocycles. The summed E-state index contributed by atoms with van der Waals surface area (Å²) < 4.78 is 1.03. The quantitative estimate of drug-likeness (QED) is 0.783. The first-order valence-corrected chi connectivity index (χ1v) is 8.59. The third-order valence-corrected chi connectivity index (χ3v) is 5.19. The first kappa shape index (κ1) is 16.2. The molecule has 0 fully saturated rings. The molecular formula is C16H19BrN2OS. The number of carbonyl (C=O) groups is 1. The minimum atomic E-state index is 0.0445. The summed E-state index contributed by atoms with van der Waals surface area (Å²) in [5, 5.41) is 1.05. The van der Waals surface area contributed by atoms with E-state index in [-0.39, 0.29) is 5.91 Å². The van der Waals surface area contributed by atoms with Crippen LogP contribution in [0.2, 0.25) is 0 Å². The Hall–Kier alpha value is -1.20. The summed E-state index contributed by atoms with van der Waals surface area (Å²) >= 11 is 5.04. The van der Waals surface area contributed by atoms with Crippen LogP contribution in [0.4, 0.5) is 0 Å². The summed E-state index contributed by atoms with van der Waals surface area (Å²) in [4.78, 5) is 19.6. The molecule has 0 atom stereocenters. The van der Waals surface area contributed by atoms with Crippen LogP contribution in [0, 0.1) is 6.92 Å². The van der Waals surface area contributed by atoms with Crippen molar-refractivity contribution in [2.24, 2.45) is 0 Å². The maximum Gasteiger partial charge on any atom is 0.265 e. The molecule has 0 N–H and O–H groups in total. The largest absolute Gasteiger partial charge is 0.337 e. The Kier molecular flexibility index (Phi) is 5.53. The number of halogens is 1. The number of thiazole rings is 1. The number of amides is 1. The number of aromatic nitrogens is 1. The van der Waals surface area contributed by atoms with Gasteiger partial charge in [-0.2, -0.15) is 0 Å². The van der Waals surface area contributed by atoms with Gasteiger partial charge in [0.1, 0.15) is 4.88 Å². The van der Waals surface area contributed by atoms with E-state index in [1.54, 1.807) is 4.90 Å². The van der Waals surface area contributed by atoms with Crippen LogP contribution in [0.1, 0.15) is 39.3 Å². The third kappa shape index (κ3) is 3.92. The summed E-state index contributed by atoms with van der Waals surface area (Å²) in [6.07, 6.45) is 1.99. The van der Waals surface area contributed by atoms with E-state index in [4.69, 9.17) is 0 Å². The van der Waals surface area contributed by atoms with Crippen LogP contribution in [0.25, 0.3) is 0 Å². The summed E-state index contributed by atoms with van der Waals surface area (Å²) in [6.45, 7) is 4.62. The third-order valence-electron chi connectivity index (χ3n) is 3.21. The van der Waals surface area contributed by atoms with Crippen LogP contribution in [0.5, 0.6) is 0 Å². The Morgan fingerprint density at radius 3 is 2.76 bits per heavy atom. The van der Waals surface area contributed by atoms with Crippen molar-refractivity contribution < 1.29 is 4.79 Å². The van der Waals surface area contributed by atoms with Gasteiger partial charge in [0.2, 0.25) is 0 Å². The van der Waals surface area contributed by atoms with Crippen LogP contribution in [-0.2, 0) is 13.0 Å². The van der Waals surface area contributed by atoms with Crippen molar-refractivity contribution in [3.05, 3.63) is 49.9 Å². The lowest BCUT2D eigenvalue weighted by Gasteiger charge is -2.17. The highest BCUT2D eigenvalue weighted by atomic mass is 79.9. The van der Waals surface area contributed by atoms with Crippen molar-refractivity contribution in [3.63, 3.8) is 0 Å². The highest BCUT2D eigenvalue weighted by Crippen LogP contribution is 2.23. The van der Waals surface area contributed by atoms with Gasteiger partial charge in [-0.3, -0.25) is 4.79 Å². The normalized spacial score (nSPS) is 10.7. The van der Waals surface area contributed by atoms with Gasteiger partial charge in [-0.05, 0) is 31.4 Å². The highest BCUT2D eigenvalue weighted by molar-refractivity contribution is 9.10. The Balaban J connectivity index is 2.14. The van der Waals surface area contributed by atoms with Crippen molar-refractivity contribution >= 4 is 33.2 Å². The molecule has 5 heteroatoms. The van der Waals surface area contributed by atoms with Gasteiger partial charge in [0, 0.05) is 18.1 Å². The number of nitrogens with zero attached hydrogens (tertiary/aromatic N) is 2. The molecule has 0 unspecified atom stereocenters. The number of rotatable bonds is 5. The van der Waals surface area contributed by atoms with Gasteiger partial charge in [0.25, 0.3) is 5.91 Å². The molecule has 2 rings (SSSR count). The molecule has 0 radical (unpaired) electrons. The Bertz CT molecular complexity index is 639. The van der Waals surface area contributed by atoms with Crippen LogP contribution < -0.4 is 0 Å². The van der Waals surface area contributed by atoms with Crippen LogP contribution in [-0.4, -0.2) is 22.8 Å². The van der Waals surface area contributed by atoms with E-state index in [0.29, 0.717) is 6.54 Å². The van der Waals surface area contributed by atoms with Gasteiger partial charge >= 0.3 is 0 Å². The second kappa shape index (κ2) is 7.18. The number of hydrogen-bond donors (Lipinski definition) is 0. The summed E-state index contributed by atoms with van der Waals surface area (Å²) in [6, 6.07) is 7.97. The fraction of sp³-hybridized carbons (Fsp3) is 0.375. The molecule has 3 nitrogen and oxygen atoms in total. The van der Waals surface area contributed by atoms with Gasteiger partial charge in [0.05, 0.1) is 10.7 Å². The maximum atomic E-state index is 12.6. The molecule has 112 valence electrons. The average molecular weight is 367 g/mol. The molecule has 0 aliphatic rings. The van der Waals surface area contributed by atoms with E-state index in [1.165, 1.54) is 11.3 Å². The predicted molar refractivity (Wildman–Crippen MR) is 90.8 cm³/mol. The van der Waals surface area contributed by atoms with Crippen molar-refractivity contribution in [1.82, 2.24) is 9.88 Å². The summed E-state index contributed by atoms with van der Waals surface area (Å²) in [5.41, 5.74) is 1.94. The SMILES string of the molecule is CCCc1nc(C)c(C(=O)N(C)Cc2ccccc2Br)s1. The number of carbonyl (C=O) groups excluding carboxylic acids is 1. The molecule has 0 saturated heterocycles. The second-order valence-electron chi connectivity index (χ2n) is 5.02. The van der Waals surface area contributed by atoms with Crippen molar-refractivity contribution in [1.29, 1.82) is 0 Å². The zero-order valence-electron chi connectivity index (χ0n) is 12.5.